The van der Waals surface area contributed by atoms with E-state index < -0.39 is 17.5 Å². The van der Waals surface area contributed by atoms with Gasteiger partial charge in [-0.3, -0.25) is 14.4 Å². The summed E-state index contributed by atoms with van der Waals surface area (Å²) in [7, 11) is 0. The van der Waals surface area contributed by atoms with E-state index in [0.29, 0.717) is 17.7 Å². The molecule has 2 atom stereocenters. The third-order valence-corrected chi connectivity index (χ3v) is 6.87. The Balaban J connectivity index is 1.42. The lowest BCUT2D eigenvalue weighted by atomic mass is 10.0. The summed E-state index contributed by atoms with van der Waals surface area (Å²) in [6.07, 6.45) is 2.37. The number of carbonyl (C=O) groups is 3. The van der Waals surface area contributed by atoms with Crippen molar-refractivity contribution in [3.63, 3.8) is 0 Å². The van der Waals surface area contributed by atoms with Gasteiger partial charge in [-0.05, 0) is 75.4 Å². The van der Waals surface area contributed by atoms with Gasteiger partial charge in [0.05, 0.1) is 30.0 Å². The first-order chi connectivity index (χ1) is 18.1. The van der Waals surface area contributed by atoms with Crippen LogP contribution in [-0.2, 0) is 19.1 Å². The highest BCUT2D eigenvalue weighted by Gasteiger charge is 2.42. The molecule has 0 N–H and O–H groups in total. The molecule has 0 aromatic heterocycles. The molecule has 0 saturated carbocycles. The van der Waals surface area contributed by atoms with E-state index in [1.165, 1.54) is 0 Å². The van der Waals surface area contributed by atoms with Crippen molar-refractivity contribution in [2.75, 3.05) is 26.2 Å². The van der Waals surface area contributed by atoms with Crippen LogP contribution < -0.4 is 4.74 Å². The predicted molar refractivity (Wildman–Crippen MR) is 142 cm³/mol. The van der Waals surface area contributed by atoms with Crippen molar-refractivity contribution in [2.45, 2.75) is 58.1 Å². The number of ether oxygens (including phenoxy) is 2. The Hall–Kier alpha value is -3.86. The van der Waals surface area contributed by atoms with Gasteiger partial charge in [0, 0.05) is 13.1 Å². The van der Waals surface area contributed by atoms with Gasteiger partial charge in [-0.1, -0.05) is 24.3 Å². The smallest absolute Gasteiger partial charge is 0.307 e. The number of amides is 2. The molecule has 8 heteroatoms. The van der Waals surface area contributed by atoms with Crippen molar-refractivity contribution in [2.24, 2.45) is 5.92 Å². The third kappa shape index (κ3) is 6.91. The molecule has 2 saturated heterocycles. The summed E-state index contributed by atoms with van der Waals surface area (Å²) < 4.78 is 11.5. The summed E-state index contributed by atoms with van der Waals surface area (Å²) in [5.41, 5.74) is 1.97. The van der Waals surface area contributed by atoms with Crippen LogP contribution in [0.5, 0.6) is 5.75 Å². The van der Waals surface area contributed by atoms with Crippen LogP contribution in [0.2, 0.25) is 0 Å². The lowest BCUT2D eigenvalue weighted by molar-refractivity contribution is -0.157. The number of hydrogen-bond acceptors (Lipinski definition) is 6. The highest BCUT2D eigenvalue weighted by atomic mass is 16.6. The molecule has 0 radical (unpaired) electrons. The number of hydrogen-bond donors (Lipinski definition) is 0. The Morgan fingerprint density at radius 2 is 1.61 bits per heavy atom. The van der Waals surface area contributed by atoms with E-state index in [1.54, 1.807) is 42.7 Å². The first-order valence-electron chi connectivity index (χ1n) is 13.2. The maximum Gasteiger partial charge on any atom is 0.307 e. The molecule has 2 aromatic carbocycles. The van der Waals surface area contributed by atoms with Crippen molar-refractivity contribution in [1.29, 1.82) is 5.26 Å². The van der Waals surface area contributed by atoms with Crippen LogP contribution in [-0.4, -0.2) is 65.5 Å². The Bertz CT molecular complexity index is 1190. The Morgan fingerprint density at radius 1 is 1.00 bits per heavy atom. The average Bonchev–Trinajstić information content (AvgIpc) is 3.52. The number of likely N-dealkylation sites (tertiary alicyclic amines) is 2. The van der Waals surface area contributed by atoms with Crippen molar-refractivity contribution in [3.05, 3.63) is 54.1 Å². The van der Waals surface area contributed by atoms with Gasteiger partial charge in [0.15, 0.2) is 0 Å². The van der Waals surface area contributed by atoms with E-state index in [0.717, 1.165) is 37.1 Å². The van der Waals surface area contributed by atoms with Crippen LogP contribution in [0.25, 0.3) is 11.1 Å². The molecule has 2 fully saturated rings. The molecular formula is C30H35N3O5. The van der Waals surface area contributed by atoms with Gasteiger partial charge in [-0.15, -0.1) is 0 Å². The molecule has 2 heterocycles. The number of nitriles is 1. The molecule has 2 aliphatic heterocycles. The summed E-state index contributed by atoms with van der Waals surface area (Å²) in [6, 6.07) is 16.8. The van der Waals surface area contributed by atoms with Crippen molar-refractivity contribution >= 4 is 17.8 Å². The van der Waals surface area contributed by atoms with Gasteiger partial charge in [-0.2, -0.15) is 5.26 Å². The fourth-order valence-electron chi connectivity index (χ4n) is 4.98. The van der Waals surface area contributed by atoms with Crippen molar-refractivity contribution < 1.29 is 23.9 Å². The van der Waals surface area contributed by atoms with E-state index in [1.807, 2.05) is 36.4 Å². The number of carbonyl (C=O) groups excluding carboxylic acids is 3. The lowest BCUT2D eigenvalue weighted by Gasteiger charge is -2.26. The Morgan fingerprint density at radius 3 is 2.18 bits per heavy atom. The van der Waals surface area contributed by atoms with Crippen LogP contribution in [0.4, 0.5) is 0 Å². The van der Waals surface area contributed by atoms with Crippen LogP contribution in [0.15, 0.2) is 48.5 Å². The van der Waals surface area contributed by atoms with E-state index in [2.05, 4.69) is 6.07 Å². The van der Waals surface area contributed by atoms with Gasteiger partial charge in [0.25, 0.3) is 0 Å². The minimum absolute atomic E-state index is 0.00465. The van der Waals surface area contributed by atoms with Crippen LogP contribution in [0.3, 0.4) is 0 Å². The van der Waals surface area contributed by atoms with E-state index >= 15 is 0 Å². The van der Waals surface area contributed by atoms with Gasteiger partial charge >= 0.3 is 5.97 Å². The van der Waals surface area contributed by atoms with Gasteiger partial charge in [0.1, 0.15) is 24.5 Å². The fraction of sp³-hybridized carbons (Fsp3) is 0.467. The molecule has 0 spiro atoms. The molecule has 2 amide bonds. The maximum absolute atomic E-state index is 13.3. The number of nitrogens with zero attached hydrogens (tertiary/aromatic N) is 3. The van der Waals surface area contributed by atoms with E-state index in [9.17, 15) is 14.4 Å². The number of rotatable bonds is 8. The monoisotopic (exact) mass is 517 g/mol. The quantitative estimate of drug-likeness (QED) is 0.487. The second-order valence-corrected chi connectivity index (χ2v) is 11.0. The number of esters is 1. The summed E-state index contributed by atoms with van der Waals surface area (Å²) in [6.45, 7) is 7.04. The summed E-state index contributed by atoms with van der Waals surface area (Å²) >= 11 is 0. The van der Waals surface area contributed by atoms with E-state index in [4.69, 9.17) is 14.7 Å². The average molecular weight is 518 g/mol. The fourth-order valence-corrected chi connectivity index (χ4v) is 4.98. The molecule has 2 aromatic rings. The molecule has 38 heavy (non-hydrogen) atoms. The summed E-state index contributed by atoms with van der Waals surface area (Å²) in [5, 5.41) is 8.99. The second-order valence-electron chi connectivity index (χ2n) is 11.0. The Labute approximate surface area is 224 Å². The van der Waals surface area contributed by atoms with Crippen LogP contribution in [0, 0.1) is 17.2 Å². The molecular weight excluding hydrogens is 482 g/mol. The SMILES string of the molecule is CC(C)(C)OC(=O)C[C@@H]1C[C@@H](COc2ccc(-c3ccc(C#N)cc3)cc2)N(CC(=O)N2CCCC2)C1=O. The number of benzene rings is 2. The summed E-state index contributed by atoms with van der Waals surface area (Å²) in [4.78, 5) is 42.0. The normalized spacial score (nSPS) is 19.4. The molecule has 2 aliphatic rings. The largest absolute Gasteiger partial charge is 0.491 e. The zero-order valence-electron chi connectivity index (χ0n) is 22.3. The zero-order chi connectivity index (χ0) is 27.3. The highest BCUT2D eigenvalue weighted by Crippen LogP contribution is 2.30. The van der Waals surface area contributed by atoms with Gasteiger partial charge < -0.3 is 19.3 Å². The van der Waals surface area contributed by atoms with Crippen molar-refractivity contribution in [1.82, 2.24) is 9.80 Å². The molecule has 8 nitrogen and oxygen atoms in total. The second kappa shape index (κ2) is 11.7. The minimum Gasteiger partial charge on any atom is -0.491 e. The van der Waals surface area contributed by atoms with Crippen LogP contribution in [0.1, 0.15) is 52.0 Å². The zero-order valence-corrected chi connectivity index (χ0v) is 22.3. The first kappa shape index (κ1) is 27.2. The van der Waals surface area contributed by atoms with E-state index in [-0.39, 0.29) is 37.4 Å². The Kier molecular flexibility index (Phi) is 8.35. The maximum atomic E-state index is 13.3. The molecule has 0 aliphatic carbocycles. The molecule has 0 bridgehead atoms. The van der Waals surface area contributed by atoms with Gasteiger partial charge in [0.2, 0.25) is 11.8 Å². The third-order valence-electron chi connectivity index (χ3n) is 6.87. The molecule has 4 rings (SSSR count). The summed E-state index contributed by atoms with van der Waals surface area (Å²) in [5.74, 6) is -0.569. The van der Waals surface area contributed by atoms with Crippen LogP contribution >= 0.6 is 0 Å². The molecule has 200 valence electrons. The topological polar surface area (TPSA) is 99.9 Å². The van der Waals surface area contributed by atoms with Gasteiger partial charge in [-0.25, -0.2) is 0 Å². The highest BCUT2D eigenvalue weighted by molar-refractivity contribution is 5.90. The minimum atomic E-state index is -0.628. The lowest BCUT2D eigenvalue weighted by Crippen LogP contribution is -2.45. The standard InChI is InChI=1S/C30H35N3O5/c1-30(2,3)38-28(35)17-24-16-25(33(29(24)36)19-27(34)32-14-4-5-15-32)20-37-26-12-10-23(11-13-26)22-8-6-21(18-31)7-9-22/h6-13,24-25H,4-5,14-17,19-20H2,1-3H3/t24-,25-/m0/s1. The van der Waals surface area contributed by atoms with Crippen molar-refractivity contribution in [3.8, 4) is 22.9 Å². The first-order valence-corrected chi connectivity index (χ1v) is 13.2. The predicted octanol–water partition coefficient (Wildman–Crippen LogP) is 4.18. The molecule has 0 unspecified atom stereocenters.